The first-order valence-electron chi connectivity index (χ1n) is 18.5. The predicted molar refractivity (Wildman–Crippen MR) is 206 cm³/mol. The smallest absolute Gasteiger partial charge is 0.293 e. The van der Waals surface area contributed by atoms with Crippen molar-refractivity contribution in [3.63, 3.8) is 0 Å². The molecular formula is C40H45N9O6. The lowest BCUT2D eigenvalue weighted by molar-refractivity contribution is -0.151. The van der Waals surface area contributed by atoms with Gasteiger partial charge in [-0.3, -0.25) is 29.0 Å². The van der Waals surface area contributed by atoms with Gasteiger partial charge >= 0.3 is 0 Å². The Morgan fingerprint density at radius 3 is 2.60 bits per heavy atom. The number of carbonyl (C=O) groups is 3. The van der Waals surface area contributed by atoms with Crippen molar-refractivity contribution in [1.82, 2.24) is 28.9 Å². The van der Waals surface area contributed by atoms with Gasteiger partial charge in [0.2, 0.25) is 11.8 Å². The van der Waals surface area contributed by atoms with E-state index in [-0.39, 0.29) is 29.1 Å². The summed E-state index contributed by atoms with van der Waals surface area (Å²) >= 11 is 0. The number of nitrogens with one attached hydrogen (secondary N) is 2. The molecule has 0 unspecified atom stereocenters. The summed E-state index contributed by atoms with van der Waals surface area (Å²) in [5.74, 6) is -0.403. The second kappa shape index (κ2) is 13.9. The minimum atomic E-state index is -0.655. The van der Waals surface area contributed by atoms with Crippen molar-refractivity contribution in [1.29, 1.82) is 0 Å². The molecule has 0 radical (unpaired) electrons. The molecule has 3 amide bonds. The number of fused-ring (bicyclic) bond motifs is 3. The first-order chi connectivity index (χ1) is 26.4. The van der Waals surface area contributed by atoms with Crippen molar-refractivity contribution >= 4 is 40.7 Å². The summed E-state index contributed by atoms with van der Waals surface area (Å²) in [5, 5.41) is 16.7. The number of aromatic nitrogens is 4. The van der Waals surface area contributed by atoms with Gasteiger partial charge in [0, 0.05) is 86.4 Å². The lowest BCUT2D eigenvalue weighted by Gasteiger charge is -2.46. The van der Waals surface area contributed by atoms with Crippen LogP contribution in [0, 0.1) is 5.41 Å². The van der Waals surface area contributed by atoms with E-state index in [4.69, 9.17) is 9.72 Å². The van der Waals surface area contributed by atoms with Crippen LogP contribution < -0.4 is 21.1 Å². The lowest BCUT2D eigenvalue weighted by atomic mass is 9.90. The van der Waals surface area contributed by atoms with Gasteiger partial charge in [0.15, 0.2) is 5.82 Å². The fraction of sp³-hybridized carbons (Fsp3) is 0.400. The van der Waals surface area contributed by atoms with Crippen LogP contribution >= 0.6 is 0 Å². The van der Waals surface area contributed by atoms with E-state index in [0.717, 1.165) is 18.9 Å². The Labute approximate surface area is 318 Å². The van der Waals surface area contributed by atoms with Crippen LogP contribution in [0.1, 0.15) is 52.8 Å². The highest BCUT2D eigenvalue weighted by Crippen LogP contribution is 2.41. The third-order valence-electron chi connectivity index (χ3n) is 11.2. The van der Waals surface area contributed by atoms with E-state index in [9.17, 15) is 24.3 Å². The monoisotopic (exact) mass is 747 g/mol. The molecule has 286 valence electrons. The Bertz CT molecular complexity index is 2310. The molecule has 0 bridgehead atoms. The summed E-state index contributed by atoms with van der Waals surface area (Å²) < 4.78 is 8.96. The minimum absolute atomic E-state index is 0.0120. The van der Waals surface area contributed by atoms with E-state index in [0.29, 0.717) is 84.7 Å². The number of carbonyl (C=O) groups excluding carboxylic acids is 3. The summed E-state index contributed by atoms with van der Waals surface area (Å²) in [5.41, 5.74) is 5.50. The summed E-state index contributed by atoms with van der Waals surface area (Å²) in [6, 6.07) is 8.29. The number of anilines is 4. The van der Waals surface area contributed by atoms with E-state index in [1.54, 1.807) is 60.6 Å². The second-order valence-corrected chi connectivity index (χ2v) is 15.5. The molecule has 15 nitrogen and oxygen atoms in total. The van der Waals surface area contributed by atoms with Gasteiger partial charge in [-0.2, -0.15) is 0 Å². The van der Waals surface area contributed by atoms with Crippen LogP contribution in [0.15, 0.2) is 60.2 Å². The molecule has 1 aromatic carbocycles. The molecule has 6 heterocycles. The SMILES string of the molecule is C=CC(=O)Nc1cc(Nc2nc(-c3ccnc(N4CCn5c(cc6c5CC(C)(C)C6)C4=O)c3CO)cn(C)c2=O)ccc1[C@H]1C(=O)N(C)CCN1C1COC1. The molecule has 2 fully saturated rings. The number of aliphatic hydroxyl groups is 1. The van der Waals surface area contributed by atoms with Gasteiger partial charge < -0.3 is 34.5 Å². The number of pyridine rings is 1. The average Bonchev–Trinajstić information content (AvgIpc) is 3.63. The van der Waals surface area contributed by atoms with Crippen LogP contribution in [0.5, 0.6) is 0 Å². The van der Waals surface area contributed by atoms with Gasteiger partial charge in [0.1, 0.15) is 17.6 Å². The molecule has 1 aliphatic carbocycles. The van der Waals surface area contributed by atoms with Crippen LogP contribution in [0.4, 0.5) is 23.0 Å². The molecule has 4 aromatic rings. The predicted octanol–water partition coefficient (Wildman–Crippen LogP) is 3.00. The fourth-order valence-electron chi connectivity index (χ4n) is 8.32. The van der Waals surface area contributed by atoms with Crippen molar-refractivity contribution in [2.45, 2.75) is 51.9 Å². The number of amides is 3. The number of rotatable bonds is 9. The third-order valence-corrected chi connectivity index (χ3v) is 11.2. The number of likely N-dealkylation sites (N-methyl/N-ethyl adjacent to an activating group) is 1. The van der Waals surface area contributed by atoms with Gasteiger partial charge in [-0.05, 0) is 54.2 Å². The van der Waals surface area contributed by atoms with E-state index in [1.165, 1.54) is 15.8 Å². The highest BCUT2D eigenvalue weighted by Gasteiger charge is 2.42. The van der Waals surface area contributed by atoms with Crippen LogP contribution in [0.2, 0.25) is 0 Å². The topological polar surface area (TPSA) is 167 Å². The number of aryl methyl sites for hydroxylation is 1. The molecule has 55 heavy (non-hydrogen) atoms. The second-order valence-electron chi connectivity index (χ2n) is 15.5. The molecule has 8 rings (SSSR count). The maximum absolute atomic E-state index is 13.9. The van der Waals surface area contributed by atoms with E-state index in [1.807, 2.05) is 6.07 Å². The van der Waals surface area contributed by atoms with Crippen LogP contribution in [-0.2, 0) is 47.4 Å². The normalized spacial score (nSPS) is 19.5. The largest absolute Gasteiger partial charge is 0.392 e. The quantitative estimate of drug-likeness (QED) is 0.217. The zero-order valence-corrected chi connectivity index (χ0v) is 31.5. The highest BCUT2D eigenvalue weighted by atomic mass is 16.5. The zero-order valence-electron chi connectivity index (χ0n) is 31.5. The summed E-state index contributed by atoms with van der Waals surface area (Å²) in [7, 11) is 3.36. The Kier molecular flexibility index (Phi) is 9.18. The van der Waals surface area contributed by atoms with Gasteiger partial charge in [-0.1, -0.05) is 26.5 Å². The van der Waals surface area contributed by atoms with Gasteiger partial charge in [-0.25, -0.2) is 9.97 Å². The van der Waals surface area contributed by atoms with Crippen LogP contribution in [0.25, 0.3) is 11.3 Å². The van der Waals surface area contributed by atoms with Crippen LogP contribution in [0.3, 0.4) is 0 Å². The van der Waals surface area contributed by atoms with Crippen molar-refractivity contribution in [3.8, 4) is 11.3 Å². The number of nitrogens with zero attached hydrogens (tertiary/aromatic N) is 7. The van der Waals surface area contributed by atoms with Gasteiger partial charge in [0.25, 0.3) is 11.5 Å². The molecule has 15 heteroatoms. The first-order valence-corrected chi connectivity index (χ1v) is 18.5. The Balaban J connectivity index is 1.12. The number of piperazine rings is 1. The highest BCUT2D eigenvalue weighted by molar-refractivity contribution is 6.06. The molecule has 0 saturated carbocycles. The number of benzene rings is 1. The van der Waals surface area contributed by atoms with Crippen LogP contribution in [-0.4, -0.2) is 97.7 Å². The summed E-state index contributed by atoms with van der Waals surface area (Å²) in [4.78, 5) is 68.4. The number of hydrogen-bond acceptors (Lipinski definition) is 10. The molecular weight excluding hydrogens is 702 g/mol. The maximum Gasteiger partial charge on any atom is 0.293 e. The lowest BCUT2D eigenvalue weighted by Crippen LogP contribution is -2.59. The Morgan fingerprint density at radius 2 is 1.87 bits per heavy atom. The molecule has 3 N–H and O–H groups in total. The molecule has 1 atom stereocenters. The van der Waals surface area contributed by atoms with Crippen molar-refractivity contribution in [3.05, 3.63) is 93.8 Å². The van der Waals surface area contributed by atoms with Crippen molar-refractivity contribution in [2.75, 3.05) is 55.4 Å². The number of hydrogen-bond donors (Lipinski definition) is 3. The third kappa shape index (κ3) is 6.41. The minimum Gasteiger partial charge on any atom is -0.392 e. The Morgan fingerprint density at radius 1 is 1.07 bits per heavy atom. The first kappa shape index (κ1) is 36.3. The number of ether oxygens (including phenoxy) is 1. The molecule has 4 aliphatic rings. The molecule has 2 saturated heterocycles. The van der Waals surface area contributed by atoms with Gasteiger partial charge in [0.05, 0.1) is 31.6 Å². The molecule has 0 spiro atoms. The van der Waals surface area contributed by atoms with E-state index in [2.05, 4.69) is 45.5 Å². The van der Waals surface area contributed by atoms with Crippen molar-refractivity contribution in [2.24, 2.45) is 12.5 Å². The van der Waals surface area contributed by atoms with E-state index >= 15 is 0 Å². The fourth-order valence-corrected chi connectivity index (χ4v) is 8.32. The summed E-state index contributed by atoms with van der Waals surface area (Å²) in [6.07, 6.45) is 6.14. The zero-order chi connectivity index (χ0) is 38.8. The Hall–Kier alpha value is -5.64. The maximum atomic E-state index is 13.9. The number of aliphatic hydroxyl groups excluding tert-OH is 1. The average molecular weight is 748 g/mol. The molecule has 3 aliphatic heterocycles. The summed E-state index contributed by atoms with van der Waals surface area (Å²) in [6.45, 7) is 10.9. The van der Waals surface area contributed by atoms with E-state index < -0.39 is 24.1 Å². The van der Waals surface area contributed by atoms with Crippen molar-refractivity contribution < 1.29 is 24.2 Å². The van der Waals surface area contributed by atoms with Gasteiger partial charge in [-0.15, -0.1) is 0 Å². The molecule has 3 aromatic heterocycles. The standard InChI is InChI=1S/C40H45N9O6/c1-6-33(51)43-29-16-24(7-8-27(29)34-38(53)45(4)11-12-47(34)25-21-55-22-25)42-35-39(54)46(5)19-30(44-35)26-9-10-41-36(28(26)20-50)49-14-13-48-31(37(49)52)15-23-17-40(2,3)18-32(23)48/h6-10,15-16,19,25,34,50H,1,11-14,17-18,20-22H2,2-5H3,(H,42,44)(H,43,51)/t34-/m0/s1.